The van der Waals surface area contributed by atoms with Crippen LogP contribution in [0.2, 0.25) is 0 Å². The minimum atomic E-state index is 0.102. The summed E-state index contributed by atoms with van der Waals surface area (Å²) in [6.45, 7) is 4.29. The van der Waals surface area contributed by atoms with Crippen molar-refractivity contribution in [3.05, 3.63) is 18.2 Å². The molecule has 1 aromatic carbocycles. The molecule has 26 heavy (non-hydrogen) atoms. The van der Waals surface area contributed by atoms with Gasteiger partial charge in [0.15, 0.2) is 11.5 Å². The first-order chi connectivity index (χ1) is 12.6. The van der Waals surface area contributed by atoms with Crippen LogP contribution in [-0.2, 0) is 4.79 Å². The monoisotopic (exact) mass is 362 g/mol. The molecule has 1 saturated carbocycles. The van der Waals surface area contributed by atoms with Crippen LogP contribution in [0.1, 0.15) is 32.6 Å². The van der Waals surface area contributed by atoms with E-state index < -0.39 is 0 Å². The SMILES string of the molecule is COc1cccc(OC)c1OC1CCN(CC(=O)NC(C)C2CC2)CC1. The Kier molecular flexibility index (Phi) is 6.25. The highest BCUT2D eigenvalue weighted by molar-refractivity contribution is 5.78. The van der Waals surface area contributed by atoms with E-state index in [1.165, 1.54) is 12.8 Å². The third-order valence-electron chi connectivity index (χ3n) is 5.29. The highest BCUT2D eigenvalue weighted by Crippen LogP contribution is 2.38. The number of nitrogens with zero attached hydrogens (tertiary/aromatic N) is 1. The third kappa shape index (κ3) is 4.81. The second-order valence-corrected chi connectivity index (χ2v) is 7.28. The number of nitrogens with one attached hydrogen (secondary N) is 1. The maximum absolute atomic E-state index is 12.2. The second kappa shape index (κ2) is 8.62. The molecule has 1 amide bonds. The molecule has 3 rings (SSSR count). The third-order valence-corrected chi connectivity index (χ3v) is 5.29. The number of methoxy groups -OCH3 is 2. The fourth-order valence-corrected chi connectivity index (χ4v) is 3.50. The molecular formula is C20H30N2O4. The van der Waals surface area contributed by atoms with Crippen LogP contribution in [-0.4, -0.2) is 56.8 Å². The van der Waals surface area contributed by atoms with Gasteiger partial charge in [0, 0.05) is 19.1 Å². The number of likely N-dealkylation sites (tertiary alicyclic amines) is 1. The number of ether oxygens (including phenoxy) is 3. The molecule has 1 saturated heterocycles. The van der Waals surface area contributed by atoms with Crippen molar-refractivity contribution in [2.24, 2.45) is 5.92 Å². The number of rotatable bonds is 8. The average molecular weight is 362 g/mol. The molecule has 0 aromatic heterocycles. The number of piperidine rings is 1. The van der Waals surface area contributed by atoms with Gasteiger partial charge in [0.1, 0.15) is 6.10 Å². The van der Waals surface area contributed by atoms with Gasteiger partial charge >= 0.3 is 0 Å². The highest BCUT2D eigenvalue weighted by atomic mass is 16.5. The van der Waals surface area contributed by atoms with E-state index in [9.17, 15) is 4.79 Å². The van der Waals surface area contributed by atoms with Crippen molar-refractivity contribution in [3.63, 3.8) is 0 Å². The fourth-order valence-electron chi connectivity index (χ4n) is 3.50. The van der Waals surface area contributed by atoms with E-state index >= 15 is 0 Å². The smallest absolute Gasteiger partial charge is 0.234 e. The Bertz CT molecular complexity index is 588. The Morgan fingerprint density at radius 2 is 1.77 bits per heavy atom. The molecule has 0 bridgehead atoms. The largest absolute Gasteiger partial charge is 0.493 e. The molecule has 6 heteroatoms. The maximum atomic E-state index is 12.2. The van der Waals surface area contributed by atoms with Gasteiger partial charge in [0.05, 0.1) is 20.8 Å². The summed E-state index contributed by atoms with van der Waals surface area (Å²) in [6.07, 6.45) is 4.36. The van der Waals surface area contributed by atoms with Crippen molar-refractivity contribution in [1.29, 1.82) is 0 Å². The maximum Gasteiger partial charge on any atom is 0.234 e. The molecule has 1 aliphatic carbocycles. The lowest BCUT2D eigenvalue weighted by atomic mass is 10.1. The molecule has 1 aliphatic heterocycles. The summed E-state index contributed by atoms with van der Waals surface area (Å²) >= 11 is 0. The Labute approximate surface area is 155 Å². The Morgan fingerprint density at radius 3 is 2.31 bits per heavy atom. The van der Waals surface area contributed by atoms with Gasteiger partial charge in [-0.3, -0.25) is 9.69 Å². The van der Waals surface area contributed by atoms with Crippen molar-refractivity contribution in [3.8, 4) is 17.2 Å². The van der Waals surface area contributed by atoms with Crippen LogP contribution in [0.3, 0.4) is 0 Å². The first-order valence-electron chi connectivity index (χ1n) is 9.50. The van der Waals surface area contributed by atoms with E-state index in [-0.39, 0.29) is 12.0 Å². The lowest BCUT2D eigenvalue weighted by Crippen LogP contribution is -2.45. The number of hydrogen-bond acceptors (Lipinski definition) is 5. The number of hydrogen-bond donors (Lipinski definition) is 1. The van der Waals surface area contributed by atoms with Crippen molar-refractivity contribution in [2.45, 2.75) is 44.8 Å². The van der Waals surface area contributed by atoms with Gasteiger partial charge < -0.3 is 19.5 Å². The summed E-state index contributed by atoms with van der Waals surface area (Å²) in [5.41, 5.74) is 0. The van der Waals surface area contributed by atoms with Crippen LogP contribution < -0.4 is 19.5 Å². The zero-order valence-electron chi connectivity index (χ0n) is 16.0. The van der Waals surface area contributed by atoms with Gasteiger partial charge in [-0.05, 0) is 50.7 Å². The molecule has 1 N–H and O–H groups in total. The van der Waals surface area contributed by atoms with Gasteiger partial charge in [-0.2, -0.15) is 0 Å². The Balaban J connectivity index is 1.47. The predicted octanol–water partition coefficient (Wildman–Crippen LogP) is 2.46. The van der Waals surface area contributed by atoms with Crippen LogP contribution in [0.25, 0.3) is 0 Å². The molecule has 144 valence electrons. The topological polar surface area (TPSA) is 60.0 Å². The molecule has 1 atom stereocenters. The van der Waals surface area contributed by atoms with E-state index in [1.54, 1.807) is 14.2 Å². The number of para-hydroxylation sites is 1. The first kappa shape index (κ1) is 18.8. The molecule has 6 nitrogen and oxygen atoms in total. The summed E-state index contributed by atoms with van der Waals surface area (Å²) in [6, 6.07) is 5.94. The van der Waals surface area contributed by atoms with E-state index in [4.69, 9.17) is 14.2 Å². The average Bonchev–Trinajstić information content (AvgIpc) is 3.48. The van der Waals surface area contributed by atoms with Crippen molar-refractivity contribution in [2.75, 3.05) is 33.9 Å². The minimum absolute atomic E-state index is 0.102. The van der Waals surface area contributed by atoms with Crippen LogP contribution >= 0.6 is 0 Å². The quantitative estimate of drug-likeness (QED) is 0.770. The second-order valence-electron chi connectivity index (χ2n) is 7.28. The van der Waals surface area contributed by atoms with Gasteiger partial charge in [0.25, 0.3) is 0 Å². The molecule has 0 spiro atoms. The molecule has 0 radical (unpaired) electrons. The summed E-state index contributed by atoms with van der Waals surface area (Å²) in [7, 11) is 3.26. The standard InChI is InChI=1S/C20H30N2O4/c1-14(15-7-8-15)21-19(23)13-22-11-9-16(10-12-22)26-20-17(24-2)5-4-6-18(20)25-3/h4-6,14-16H,7-13H2,1-3H3,(H,21,23). The van der Waals surface area contributed by atoms with Crippen molar-refractivity contribution in [1.82, 2.24) is 10.2 Å². The van der Waals surface area contributed by atoms with Crippen LogP contribution in [0.4, 0.5) is 0 Å². The lowest BCUT2D eigenvalue weighted by Gasteiger charge is -2.32. The normalized spacial score (nSPS) is 19.7. The van der Waals surface area contributed by atoms with Crippen LogP contribution in [0, 0.1) is 5.92 Å². The van der Waals surface area contributed by atoms with Gasteiger partial charge in [-0.25, -0.2) is 0 Å². The van der Waals surface area contributed by atoms with E-state index in [0.717, 1.165) is 25.9 Å². The van der Waals surface area contributed by atoms with Gasteiger partial charge in [-0.1, -0.05) is 6.07 Å². The first-order valence-corrected chi connectivity index (χ1v) is 9.50. The summed E-state index contributed by atoms with van der Waals surface area (Å²) in [5.74, 6) is 2.84. The summed E-state index contributed by atoms with van der Waals surface area (Å²) in [4.78, 5) is 14.4. The number of carbonyl (C=O) groups excluding carboxylic acids is 1. The lowest BCUT2D eigenvalue weighted by molar-refractivity contribution is -0.123. The molecule has 2 aliphatic rings. The fraction of sp³-hybridized carbons (Fsp3) is 0.650. The van der Waals surface area contributed by atoms with Crippen LogP contribution in [0.15, 0.2) is 18.2 Å². The van der Waals surface area contributed by atoms with E-state index in [0.29, 0.717) is 35.8 Å². The molecule has 1 heterocycles. The van der Waals surface area contributed by atoms with E-state index in [1.807, 2.05) is 18.2 Å². The number of carbonyl (C=O) groups is 1. The van der Waals surface area contributed by atoms with E-state index in [2.05, 4.69) is 17.1 Å². The Morgan fingerprint density at radius 1 is 1.15 bits per heavy atom. The number of benzene rings is 1. The zero-order valence-corrected chi connectivity index (χ0v) is 16.0. The van der Waals surface area contributed by atoms with Gasteiger partial charge in [0.2, 0.25) is 11.7 Å². The van der Waals surface area contributed by atoms with Crippen molar-refractivity contribution >= 4 is 5.91 Å². The minimum Gasteiger partial charge on any atom is -0.493 e. The molecule has 1 aromatic rings. The number of amides is 1. The highest BCUT2D eigenvalue weighted by Gasteiger charge is 2.30. The summed E-state index contributed by atoms with van der Waals surface area (Å²) < 4.78 is 17.0. The molecule has 2 fully saturated rings. The predicted molar refractivity (Wildman–Crippen MR) is 100.0 cm³/mol. The molecular weight excluding hydrogens is 332 g/mol. The Hall–Kier alpha value is -1.95. The van der Waals surface area contributed by atoms with Gasteiger partial charge in [-0.15, -0.1) is 0 Å². The zero-order chi connectivity index (χ0) is 18.5. The van der Waals surface area contributed by atoms with Crippen molar-refractivity contribution < 1.29 is 19.0 Å². The molecule has 1 unspecified atom stereocenters. The van der Waals surface area contributed by atoms with Crippen LogP contribution in [0.5, 0.6) is 17.2 Å². The summed E-state index contributed by atoms with van der Waals surface area (Å²) in [5, 5.41) is 3.13.